The number of amides is 1. The third-order valence-electron chi connectivity index (χ3n) is 5.95. The summed E-state index contributed by atoms with van der Waals surface area (Å²) in [5, 5.41) is 22.7. The maximum Gasteiger partial charge on any atom is 0.251 e. The van der Waals surface area contributed by atoms with Crippen molar-refractivity contribution in [2.75, 3.05) is 33.4 Å². The zero-order valence-corrected chi connectivity index (χ0v) is 18.9. The lowest BCUT2D eigenvalue weighted by Crippen LogP contribution is -2.44. The van der Waals surface area contributed by atoms with E-state index in [0.29, 0.717) is 49.9 Å². The highest BCUT2D eigenvalue weighted by Crippen LogP contribution is 2.28. The van der Waals surface area contributed by atoms with Gasteiger partial charge in [-0.3, -0.25) is 9.69 Å². The van der Waals surface area contributed by atoms with Gasteiger partial charge in [0, 0.05) is 31.7 Å². The Kier molecular flexibility index (Phi) is 6.62. The minimum absolute atomic E-state index is 0.174. The van der Waals surface area contributed by atoms with Gasteiger partial charge < -0.3 is 19.5 Å². The molecule has 180 valence electrons. The molecule has 0 radical (unpaired) electrons. The van der Waals surface area contributed by atoms with Gasteiger partial charge in [0.2, 0.25) is 0 Å². The summed E-state index contributed by atoms with van der Waals surface area (Å²) in [7, 11) is 1.57. The standard InChI is InChI=1S/C21H27N9O4/c1-32-18-4-3-15-9-19(18)33-8-7-29-10-16(24-26-29)13-34-20-12-28(11-17(20)23-21(15)31)5-2-6-30-14-22-25-27-30/h3-4,9-10,14,17,20H,2,5-8,11-13H2,1H3,(H,23,31)/t17-,20-/m0/s1. The fourth-order valence-electron chi connectivity index (χ4n) is 4.22. The van der Waals surface area contributed by atoms with E-state index in [1.807, 2.05) is 6.20 Å². The van der Waals surface area contributed by atoms with Crippen LogP contribution in [0.15, 0.2) is 30.7 Å². The predicted molar refractivity (Wildman–Crippen MR) is 117 cm³/mol. The van der Waals surface area contributed by atoms with Crippen LogP contribution in [0.4, 0.5) is 0 Å². The number of ether oxygens (including phenoxy) is 3. The number of nitrogens with one attached hydrogen (secondary N) is 1. The van der Waals surface area contributed by atoms with Crippen molar-refractivity contribution >= 4 is 5.91 Å². The number of carbonyl (C=O) groups excluding carboxylic acids is 1. The molecule has 4 heterocycles. The second-order valence-electron chi connectivity index (χ2n) is 8.30. The fourth-order valence-corrected chi connectivity index (χ4v) is 4.22. The highest BCUT2D eigenvalue weighted by molar-refractivity contribution is 5.95. The number of benzene rings is 1. The molecule has 5 rings (SSSR count). The van der Waals surface area contributed by atoms with Crippen LogP contribution in [-0.2, 0) is 24.4 Å². The normalized spacial score (nSPS) is 21.1. The SMILES string of the molecule is COc1ccc2cc1OCCn1cc(nn1)CO[C@H]1CN(CCCn3cnnn3)C[C@@H]1NC2=O. The second-order valence-corrected chi connectivity index (χ2v) is 8.30. The van der Waals surface area contributed by atoms with Crippen LogP contribution in [-0.4, -0.2) is 91.5 Å². The number of nitrogens with zero attached hydrogens (tertiary/aromatic N) is 8. The Labute approximate surface area is 196 Å². The van der Waals surface area contributed by atoms with Gasteiger partial charge in [-0.25, -0.2) is 9.36 Å². The van der Waals surface area contributed by atoms with Gasteiger partial charge in [-0.1, -0.05) is 5.21 Å². The monoisotopic (exact) mass is 469 g/mol. The van der Waals surface area contributed by atoms with E-state index < -0.39 is 0 Å². The van der Waals surface area contributed by atoms with E-state index in [-0.39, 0.29) is 18.1 Å². The molecular formula is C21H27N9O4. The van der Waals surface area contributed by atoms with Gasteiger partial charge >= 0.3 is 0 Å². The maximum absolute atomic E-state index is 13.1. The van der Waals surface area contributed by atoms with E-state index in [1.54, 1.807) is 41.0 Å². The Morgan fingerprint density at radius 2 is 2.18 bits per heavy atom. The van der Waals surface area contributed by atoms with Crippen LogP contribution in [0.3, 0.4) is 0 Å². The summed E-state index contributed by atoms with van der Waals surface area (Å²) in [6.07, 6.45) is 4.16. The molecule has 13 nitrogen and oxygen atoms in total. The summed E-state index contributed by atoms with van der Waals surface area (Å²) >= 11 is 0. The molecule has 3 aromatic rings. The quantitative estimate of drug-likeness (QED) is 0.533. The Bertz CT molecular complexity index is 1100. The minimum atomic E-state index is -0.180. The maximum atomic E-state index is 13.1. The van der Waals surface area contributed by atoms with Crippen LogP contribution in [0.2, 0.25) is 0 Å². The molecule has 1 saturated heterocycles. The molecule has 2 aromatic heterocycles. The van der Waals surface area contributed by atoms with Gasteiger partial charge in [0.25, 0.3) is 5.91 Å². The van der Waals surface area contributed by atoms with Gasteiger partial charge in [-0.2, -0.15) is 0 Å². The number of aryl methyl sites for hydroxylation is 1. The average Bonchev–Trinajstić information content (AvgIpc) is 3.59. The van der Waals surface area contributed by atoms with Crippen LogP contribution in [0.1, 0.15) is 22.5 Å². The third-order valence-corrected chi connectivity index (χ3v) is 5.95. The summed E-state index contributed by atoms with van der Waals surface area (Å²) < 4.78 is 20.9. The van der Waals surface area contributed by atoms with Crippen LogP contribution in [0.25, 0.3) is 0 Å². The van der Waals surface area contributed by atoms with E-state index >= 15 is 0 Å². The number of methoxy groups -OCH3 is 1. The summed E-state index contributed by atoms with van der Waals surface area (Å²) in [4.78, 5) is 15.4. The zero-order chi connectivity index (χ0) is 23.3. The van der Waals surface area contributed by atoms with Crippen molar-refractivity contribution in [2.45, 2.75) is 38.3 Å². The first-order chi connectivity index (χ1) is 16.7. The fraction of sp³-hybridized carbons (Fsp3) is 0.524. The highest BCUT2D eigenvalue weighted by atomic mass is 16.5. The molecular weight excluding hydrogens is 442 g/mol. The first-order valence-corrected chi connectivity index (χ1v) is 11.2. The second kappa shape index (κ2) is 10.1. The average molecular weight is 470 g/mol. The van der Waals surface area contributed by atoms with E-state index in [1.165, 1.54) is 0 Å². The van der Waals surface area contributed by atoms with Crippen molar-refractivity contribution in [3.8, 4) is 11.5 Å². The summed E-state index contributed by atoms with van der Waals surface area (Å²) in [6.45, 7) is 4.12. The lowest BCUT2D eigenvalue weighted by molar-refractivity contribution is 0.0296. The molecule has 1 aromatic carbocycles. The van der Waals surface area contributed by atoms with Crippen molar-refractivity contribution < 1.29 is 19.0 Å². The van der Waals surface area contributed by atoms with Gasteiger partial charge in [0.05, 0.1) is 38.6 Å². The molecule has 0 aliphatic carbocycles. The van der Waals surface area contributed by atoms with Gasteiger partial charge in [-0.05, 0) is 35.0 Å². The Morgan fingerprint density at radius 3 is 3.03 bits per heavy atom. The summed E-state index contributed by atoms with van der Waals surface area (Å²) in [5.41, 5.74) is 1.24. The molecule has 13 heteroatoms. The molecule has 0 saturated carbocycles. The van der Waals surface area contributed by atoms with E-state index in [4.69, 9.17) is 14.2 Å². The molecule has 2 aliphatic rings. The van der Waals surface area contributed by atoms with Crippen molar-refractivity contribution in [1.82, 2.24) is 45.4 Å². The number of fused-ring (bicyclic) bond motifs is 5. The number of hydrogen-bond acceptors (Lipinski definition) is 10. The topological polar surface area (TPSA) is 134 Å². The summed E-state index contributed by atoms with van der Waals surface area (Å²) in [5.74, 6) is 0.894. The molecule has 4 bridgehead atoms. The molecule has 0 unspecified atom stereocenters. The number of tetrazole rings is 1. The van der Waals surface area contributed by atoms with Crippen molar-refractivity contribution in [3.63, 3.8) is 0 Å². The van der Waals surface area contributed by atoms with Crippen LogP contribution < -0.4 is 14.8 Å². The highest BCUT2D eigenvalue weighted by Gasteiger charge is 2.35. The molecule has 2 aliphatic heterocycles. The third kappa shape index (κ3) is 5.15. The van der Waals surface area contributed by atoms with Crippen molar-refractivity contribution in [2.24, 2.45) is 0 Å². The number of aromatic nitrogens is 7. The molecule has 0 spiro atoms. The first kappa shape index (κ1) is 22.2. The number of likely N-dealkylation sites (tertiary alicyclic amines) is 1. The van der Waals surface area contributed by atoms with Gasteiger partial charge in [-0.15, -0.1) is 10.2 Å². The Balaban J connectivity index is 1.32. The van der Waals surface area contributed by atoms with Gasteiger partial charge in [0.1, 0.15) is 18.6 Å². The largest absolute Gasteiger partial charge is 0.493 e. The number of rotatable bonds is 5. The number of carbonyl (C=O) groups is 1. The Morgan fingerprint density at radius 1 is 1.24 bits per heavy atom. The summed E-state index contributed by atoms with van der Waals surface area (Å²) in [6, 6.07) is 5.00. The lowest BCUT2D eigenvalue weighted by atomic mass is 10.1. The molecule has 1 N–H and O–H groups in total. The zero-order valence-electron chi connectivity index (χ0n) is 18.9. The van der Waals surface area contributed by atoms with E-state index in [0.717, 1.165) is 25.2 Å². The van der Waals surface area contributed by atoms with Crippen LogP contribution in [0, 0.1) is 0 Å². The molecule has 1 fully saturated rings. The smallest absolute Gasteiger partial charge is 0.251 e. The Hall–Kier alpha value is -3.58. The minimum Gasteiger partial charge on any atom is -0.493 e. The molecule has 2 atom stereocenters. The molecule has 34 heavy (non-hydrogen) atoms. The first-order valence-electron chi connectivity index (χ1n) is 11.2. The van der Waals surface area contributed by atoms with Crippen LogP contribution in [0.5, 0.6) is 11.5 Å². The lowest BCUT2D eigenvalue weighted by Gasteiger charge is -2.20. The van der Waals surface area contributed by atoms with Crippen molar-refractivity contribution in [1.29, 1.82) is 0 Å². The van der Waals surface area contributed by atoms with E-state index in [9.17, 15) is 4.79 Å². The van der Waals surface area contributed by atoms with Gasteiger partial charge in [0.15, 0.2) is 11.5 Å². The predicted octanol–water partition coefficient (Wildman–Crippen LogP) is -0.245. The molecule has 1 amide bonds. The van der Waals surface area contributed by atoms with Crippen molar-refractivity contribution in [3.05, 3.63) is 42.0 Å². The van der Waals surface area contributed by atoms with Crippen LogP contribution >= 0.6 is 0 Å². The number of hydrogen-bond donors (Lipinski definition) is 1. The van der Waals surface area contributed by atoms with E-state index in [2.05, 4.69) is 36.1 Å².